The van der Waals surface area contributed by atoms with E-state index in [1.165, 1.54) is 25.8 Å². The van der Waals surface area contributed by atoms with E-state index in [2.05, 4.69) is 31.0 Å². The highest BCUT2D eigenvalue weighted by molar-refractivity contribution is 4.56. The number of hydrogen-bond donors (Lipinski definition) is 1. The molecule has 0 unspecified atom stereocenters. The Bertz CT molecular complexity index is 131. The van der Waals surface area contributed by atoms with Crippen molar-refractivity contribution >= 4 is 0 Å². The highest BCUT2D eigenvalue weighted by atomic mass is 16.5. The number of unbranched alkanes of at least 4 members (excludes halogenated alkanes) is 1. The lowest BCUT2D eigenvalue weighted by Crippen LogP contribution is -2.33. The molecular formula is C13H30N2O. The summed E-state index contributed by atoms with van der Waals surface area (Å²) in [6.07, 6.45) is 3.64. The van der Waals surface area contributed by atoms with Crippen LogP contribution in [-0.4, -0.2) is 50.8 Å². The minimum atomic E-state index is 0.847. The van der Waals surface area contributed by atoms with Crippen molar-refractivity contribution in [1.29, 1.82) is 0 Å². The Morgan fingerprint density at radius 3 is 2.38 bits per heavy atom. The lowest BCUT2D eigenvalue weighted by molar-refractivity contribution is 0.132. The van der Waals surface area contributed by atoms with Gasteiger partial charge in [-0.1, -0.05) is 27.2 Å². The molecule has 16 heavy (non-hydrogen) atoms. The zero-order chi connectivity index (χ0) is 12.1. The summed E-state index contributed by atoms with van der Waals surface area (Å²) in [6, 6.07) is 0. The Morgan fingerprint density at radius 1 is 0.938 bits per heavy atom. The summed E-state index contributed by atoms with van der Waals surface area (Å²) in [7, 11) is 0. The van der Waals surface area contributed by atoms with E-state index in [9.17, 15) is 0 Å². The number of nitrogens with zero attached hydrogens (tertiary/aromatic N) is 1. The molecule has 0 aromatic heterocycles. The van der Waals surface area contributed by atoms with Crippen molar-refractivity contribution in [3.8, 4) is 0 Å². The van der Waals surface area contributed by atoms with Crippen molar-refractivity contribution in [2.75, 3.05) is 45.9 Å². The van der Waals surface area contributed by atoms with Gasteiger partial charge in [-0.2, -0.15) is 0 Å². The third kappa shape index (κ3) is 10.4. The van der Waals surface area contributed by atoms with Crippen LogP contribution in [0.1, 0.15) is 40.0 Å². The Balaban J connectivity index is 3.12. The first-order chi connectivity index (χ1) is 7.85. The normalized spacial score (nSPS) is 11.2. The molecule has 0 saturated carbocycles. The lowest BCUT2D eigenvalue weighted by Gasteiger charge is -2.19. The second kappa shape index (κ2) is 12.9. The zero-order valence-corrected chi connectivity index (χ0v) is 11.4. The molecule has 0 spiro atoms. The number of nitrogens with one attached hydrogen (secondary N) is 1. The fraction of sp³-hybridized carbons (Fsp3) is 1.00. The summed E-state index contributed by atoms with van der Waals surface area (Å²) < 4.78 is 5.48. The van der Waals surface area contributed by atoms with Crippen LogP contribution in [0.25, 0.3) is 0 Å². The molecule has 0 saturated heterocycles. The standard InChI is InChI=1S/C13H30N2O/c1-4-7-12-16-13-9-14-8-11-15(6-3)10-5-2/h14H,4-13H2,1-3H3. The van der Waals surface area contributed by atoms with E-state index < -0.39 is 0 Å². The summed E-state index contributed by atoms with van der Waals surface area (Å²) in [5.74, 6) is 0. The third-order valence-electron chi connectivity index (χ3n) is 2.66. The molecule has 0 aliphatic heterocycles. The second-order valence-corrected chi connectivity index (χ2v) is 4.15. The molecular weight excluding hydrogens is 200 g/mol. The van der Waals surface area contributed by atoms with E-state index in [1.807, 2.05) is 0 Å². The van der Waals surface area contributed by atoms with Crippen LogP contribution in [0.3, 0.4) is 0 Å². The molecule has 0 aromatic carbocycles. The maximum absolute atomic E-state index is 5.48. The summed E-state index contributed by atoms with van der Waals surface area (Å²) >= 11 is 0. The summed E-state index contributed by atoms with van der Waals surface area (Å²) in [6.45, 7) is 14.0. The molecule has 3 heteroatoms. The lowest BCUT2D eigenvalue weighted by atomic mass is 10.4. The van der Waals surface area contributed by atoms with Gasteiger partial charge >= 0.3 is 0 Å². The molecule has 0 radical (unpaired) electrons. The highest BCUT2D eigenvalue weighted by Gasteiger charge is 1.98. The predicted molar refractivity (Wildman–Crippen MR) is 71.0 cm³/mol. The molecule has 0 bridgehead atoms. The fourth-order valence-corrected chi connectivity index (χ4v) is 1.60. The molecule has 3 nitrogen and oxygen atoms in total. The number of hydrogen-bond acceptors (Lipinski definition) is 3. The molecule has 0 rings (SSSR count). The van der Waals surface area contributed by atoms with Crippen LogP contribution >= 0.6 is 0 Å². The van der Waals surface area contributed by atoms with Crippen molar-refractivity contribution in [3.05, 3.63) is 0 Å². The Hall–Kier alpha value is -0.120. The largest absolute Gasteiger partial charge is 0.380 e. The monoisotopic (exact) mass is 230 g/mol. The maximum atomic E-state index is 5.48. The molecule has 1 N–H and O–H groups in total. The van der Waals surface area contributed by atoms with Gasteiger partial charge in [0.25, 0.3) is 0 Å². The quantitative estimate of drug-likeness (QED) is 0.520. The van der Waals surface area contributed by atoms with Crippen molar-refractivity contribution in [2.24, 2.45) is 0 Å². The van der Waals surface area contributed by atoms with Crippen molar-refractivity contribution in [2.45, 2.75) is 40.0 Å². The first-order valence-electron chi connectivity index (χ1n) is 6.85. The SMILES string of the molecule is CCCCOCCNCCN(CC)CCC. The van der Waals surface area contributed by atoms with Gasteiger partial charge in [0.1, 0.15) is 0 Å². The number of ether oxygens (including phenoxy) is 1. The van der Waals surface area contributed by atoms with Gasteiger partial charge in [0, 0.05) is 26.2 Å². The van der Waals surface area contributed by atoms with Crippen LogP contribution in [-0.2, 0) is 4.74 Å². The van der Waals surface area contributed by atoms with Gasteiger partial charge in [-0.3, -0.25) is 0 Å². The summed E-state index contributed by atoms with van der Waals surface area (Å²) in [5, 5.41) is 3.42. The smallest absolute Gasteiger partial charge is 0.0590 e. The molecule has 98 valence electrons. The number of likely N-dealkylation sites (N-methyl/N-ethyl adjacent to an activating group) is 1. The predicted octanol–water partition coefficient (Wildman–Crippen LogP) is 2.12. The van der Waals surface area contributed by atoms with Gasteiger partial charge in [0.2, 0.25) is 0 Å². The first-order valence-corrected chi connectivity index (χ1v) is 6.85. The molecule has 0 atom stereocenters. The average Bonchev–Trinajstić information content (AvgIpc) is 2.31. The van der Waals surface area contributed by atoms with Crippen LogP contribution in [0, 0.1) is 0 Å². The fourth-order valence-electron chi connectivity index (χ4n) is 1.60. The third-order valence-corrected chi connectivity index (χ3v) is 2.66. The maximum Gasteiger partial charge on any atom is 0.0590 e. The average molecular weight is 230 g/mol. The van der Waals surface area contributed by atoms with Gasteiger partial charge in [-0.25, -0.2) is 0 Å². The summed E-state index contributed by atoms with van der Waals surface area (Å²) in [4.78, 5) is 2.48. The van der Waals surface area contributed by atoms with E-state index in [1.54, 1.807) is 0 Å². The van der Waals surface area contributed by atoms with E-state index in [4.69, 9.17) is 4.74 Å². The molecule has 0 heterocycles. The highest BCUT2D eigenvalue weighted by Crippen LogP contribution is 1.89. The molecule has 0 aliphatic rings. The second-order valence-electron chi connectivity index (χ2n) is 4.15. The Kier molecular flexibility index (Phi) is 12.9. The van der Waals surface area contributed by atoms with Gasteiger partial charge < -0.3 is 15.0 Å². The Morgan fingerprint density at radius 2 is 1.75 bits per heavy atom. The zero-order valence-electron chi connectivity index (χ0n) is 11.4. The molecule has 0 aromatic rings. The van der Waals surface area contributed by atoms with Crippen LogP contribution in [0.4, 0.5) is 0 Å². The van der Waals surface area contributed by atoms with Crippen molar-refractivity contribution in [1.82, 2.24) is 10.2 Å². The van der Waals surface area contributed by atoms with E-state index >= 15 is 0 Å². The van der Waals surface area contributed by atoms with Gasteiger partial charge in [-0.15, -0.1) is 0 Å². The van der Waals surface area contributed by atoms with Crippen LogP contribution in [0.5, 0.6) is 0 Å². The van der Waals surface area contributed by atoms with E-state index in [0.29, 0.717) is 0 Å². The van der Waals surface area contributed by atoms with Crippen LogP contribution in [0.15, 0.2) is 0 Å². The Labute approximate surface area is 102 Å². The molecule has 0 aliphatic carbocycles. The van der Waals surface area contributed by atoms with E-state index in [0.717, 1.165) is 39.4 Å². The minimum Gasteiger partial charge on any atom is -0.380 e. The van der Waals surface area contributed by atoms with Gasteiger partial charge in [0.15, 0.2) is 0 Å². The van der Waals surface area contributed by atoms with Gasteiger partial charge in [-0.05, 0) is 25.9 Å². The number of rotatable bonds is 12. The topological polar surface area (TPSA) is 24.5 Å². The molecule has 0 amide bonds. The minimum absolute atomic E-state index is 0.847. The van der Waals surface area contributed by atoms with E-state index in [-0.39, 0.29) is 0 Å². The first kappa shape index (κ1) is 15.9. The van der Waals surface area contributed by atoms with Gasteiger partial charge in [0.05, 0.1) is 6.61 Å². The summed E-state index contributed by atoms with van der Waals surface area (Å²) in [5.41, 5.74) is 0. The van der Waals surface area contributed by atoms with Crippen LogP contribution in [0.2, 0.25) is 0 Å². The molecule has 0 fully saturated rings. The van der Waals surface area contributed by atoms with Crippen molar-refractivity contribution < 1.29 is 4.74 Å². The van der Waals surface area contributed by atoms with Crippen LogP contribution < -0.4 is 5.32 Å². The van der Waals surface area contributed by atoms with Crippen molar-refractivity contribution in [3.63, 3.8) is 0 Å².